The number of hydrogen-bond donors (Lipinski definition) is 0. The van der Waals surface area contributed by atoms with E-state index in [1.165, 1.54) is 43.8 Å². The van der Waals surface area contributed by atoms with E-state index < -0.39 is 0 Å². The minimum absolute atomic E-state index is 0.527. The number of rotatable bonds is 2. The maximum Gasteiger partial charge on any atom is 0.160 e. The Morgan fingerprint density at radius 3 is 3.00 bits per heavy atom. The van der Waals surface area contributed by atoms with Gasteiger partial charge in [-0.2, -0.15) is 0 Å². The molecule has 0 amide bonds. The Balaban J connectivity index is 1.80. The van der Waals surface area contributed by atoms with Crippen molar-refractivity contribution in [2.75, 3.05) is 25.9 Å². The first-order valence-electron chi connectivity index (χ1n) is 7.96. The van der Waals surface area contributed by atoms with E-state index >= 15 is 0 Å². The summed E-state index contributed by atoms with van der Waals surface area (Å²) < 4.78 is 2.46. The molecule has 2 aromatic rings. The van der Waals surface area contributed by atoms with Crippen LogP contribution in [0.5, 0.6) is 0 Å². The van der Waals surface area contributed by atoms with Crippen molar-refractivity contribution in [3.8, 4) is 0 Å². The van der Waals surface area contributed by atoms with Crippen molar-refractivity contribution in [1.29, 1.82) is 0 Å². The number of nitrogens with zero attached hydrogens (tertiary/aromatic N) is 4. The van der Waals surface area contributed by atoms with Crippen LogP contribution in [0.25, 0.3) is 11.2 Å². The summed E-state index contributed by atoms with van der Waals surface area (Å²) in [5, 5.41) is 0.527. The average molecular weight is 302 g/mol. The summed E-state index contributed by atoms with van der Waals surface area (Å²) in [6.45, 7) is 2.31. The first-order chi connectivity index (χ1) is 10.3. The van der Waals surface area contributed by atoms with Crippen molar-refractivity contribution in [1.82, 2.24) is 19.4 Å². The molecule has 2 aliphatic heterocycles. The SMILES string of the molecule is CN1CCC(c2nc3cccnc3n2C2CCCCS2)C1. The summed E-state index contributed by atoms with van der Waals surface area (Å²) in [4.78, 5) is 12.0. The molecule has 0 N–H and O–H groups in total. The van der Waals surface area contributed by atoms with Gasteiger partial charge in [-0.05, 0) is 57.2 Å². The van der Waals surface area contributed by atoms with E-state index in [0.717, 1.165) is 17.7 Å². The van der Waals surface area contributed by atoms with Gasteiger partial charge in [0.05, 0.1) is 5.37 Å². The molecule has 4 heterocycles. The fraction of sp³-hybridized carbons (Fsp3) is 0.625. The predicted octanol–water partition coefficient (Wildman–Crippen LogP) is 3.27. The first-order valence-corrected chi connectivity index (χ1v) is 9.01. The van der Waals surface area contributed by atoms with E-state index in [9.17, 15) is 0 Å². The molecule has 0 aromatic carbocycles. The molecule has 0 aliphatic carbocycles. The average Bonchev–Trinajstić information content (AvgIpc) is 3.11. The van der Waals surface area contributed by atoms with E-state index in [2.05, 4.69) is 39.3 Å². The van der Waals surface area contributed by atoms with Gasteiger partial charge < -0.3 is 4.90 Å². The zero-order valence-electron chi connectivity index (χ0n) is 12.5. The van der Waals surface area contributed by atoms with Crippen LogP contribution in [0.15, 0.2) is 18.3 Å². The topological polar surface area (TPSA) is 34.0 Å². The zero-order chi connectivity index (χ0) is 14.2. The smallest absolute Gasteiger partial charge is 0.160 e. The number of imidazole rings is 1. The van der Waals surface area contributed by atoms with Crippen LogP contribution in [0.2, 0.25) is 0 Å². The highest BCUT2D eigenvalue weighted by atomic mass is 32.2. The summed E-state index contributed by atoms with van der Waals surface area (Å²) in [6.07, 6.45) is 7.05. The van der Waals surface area contributed by atoms with Gasteiger partial charge in [-0.3, -0.25) is 4.57 Å². The summed E-state index contributed by atoms with van der Waals surface area (Å²) in [6, 6.07) is 4.10. The molecule has 0 bridgehead atoms. The Bertz CT molecular complexity index is 632. The summed E-state index contributed by atoms with van der Waals surface area (Å²) >= 11 is 2.08. The molecule has 112 valence electrons. The molecule has 4 rings (SSSR count). The highest BCUT2D eigenvalue weighted by Gasteiger charge is 2.30. The first kappa shape index (κ1) is 13.6. The fourth-order valence-electron chi connectivity index (χ4n) is 3.59. The monoisotopic (exact) mass is 302 g/mol. The van der Waals surface area contributed by atoms with E-state index in [1.54, 1.807) is 0 Å². The number of hydrogen-bond acceptors (Lipinski definition) is 4. The number of aromatic nitrogens is 3. The minimum atomic E-state index is 0.527. The lowest BCUT2D eigenvalue weighted by molar-refractivity contribution is 0.407. The molecule has 0 radical (unpaired) electrons. The largest absolute Gasteiger partial charge is 0.306 e. The van der Waals surface area contributed by atoms with Gasteiger partial charge >= 0.3 is 0 Å². The predicted molar refractivity (Wildman–Crippen MR) is 87.7 cm³/mol. The van der Waals surface area contributed by atoms with Crippen LogP contribution < -0.4 is 0 Å². The lowest BCUT2D eigenvalue weighted by Gasteiger charge is -2.26. The molecule has 0 saturated carbocycles. The Hall–Kier alpha value is -1.07. The van der Waals surface area contributed by atoms with Crippen molar-refractivity contribution in [3.05, 3.63) is 24.2 Å². The molecule has 2 saturated heterocycles. The van der Waals surface area contributed by atoms with E-state index in [0.29, 0.717) is 11.3 Å². The fourth-order valence-corrected chi connectivity index (χ4v) is 4.93. The molecule has 0 spiro atoms. The Kier molecular flexibility index (Phi) is 3.63. The maximum atomic E-state index is 4.96. The van der Waals surface area contributed by atoms with Crippen molar-refractivity contribution < 1.29 is 0 Å². The molecule has 2 atom stereocenters. The summed E-state index contributed by atoms with van der Waals surface area (Å²) in [5.41, 5.74) is 2.15. The minimum Gasteiger partial charge on any atom is -0.306 e. The van der Waals surface area contributed by atoms with Crippen molar-refractivity contribution >= 4 is 22.9 Å². The van der Waals surface area contributed by atoms with Crippen LogP contribution in [-0.2, 0) is 0 Å². The van der Waals surface area contributed by atoms with Crippen LogP contribution in [0.1, 0.15) is 42.8 Å². The highest BCUT2D eigenvalue weighted by molar-refractivity contribution is 7.99. The van der Waals surface area contributed by atoms with Gasteiger partial charge in [0, 0.05) is 18.7 Å². The molecule has 4 nitrogen and oxygen atoms in total. The zero-order valence-corrected chi connectivity index (χ0v) is 13.4. The number of pyridine rings is 1. The molecule has 2 aromatic heterocycles. The quantitative estimate of drug-likeness (QED) is 0.852. The third-order valence-electron chi connectivity index (χ3n) is 4.68. The molecular weight excluding hydrogens is 280 g/mol. The Labute approximate surface area is 129 Å². The van der Waals surface area contributed by atoms with Crippen LogP contribution in [0, 0.1) is 0 Å². The molecule has 21 heavy (non-hydrogen) atoms. The summed E-state index contributed by atoms with van der Waals surface area (Å²) in [7, 11) is 2.21. The lowest BCUT2D eigenvalue weighted by atomic mass is 10.1. The number of likely N-dealkylation sites (tertiary alicyclic amines) is 1. The van der Waals surface area contributed by atoms with Crippen LogP contribution >= 0.6 is 11.8 Å². The molecule has 2 aliphatic rings. The Morgan fingerprint density at radius 2 is 2.24 bits per heavy atom. The standard InChI is InChI=1S/C16H22N4S/c1-19-9-7-12(11-19)15-18-13-5-4-8-17-16(13)20(15)14-6-2-3-10-21-14/h4-5,8,12,14H,2-3,6-7,9-11H2,1H3. The second kappa shape index (κ2) is 5.61. The molecular formula is C16H22N4S. The van der Waals surface area contributed by atoms with Crippen LogP contribution in [0.3, 0.4) is 0 Å². The third kappa shape index (κ3) is 2.46. The molecule has 5 heteroatoms. The van der Waals surface area contributed by atoms with Crippen molar-refractivity contribution in [3.63, 3.8) is 0 Å². The van der Waals surface area contributed by atoms with Crippen molar-refractivity contribution in [2.45, 2.75) is 37.0 Å². The van der Waals surface area contributed by atoms with Gasteiger partial charge in [0.2, 0.25) is 0 Å². The second-order valence-electron chi connectivity index (χ2n) is 6.26. The number of fused-ring (bicyclic) bond motifs is 1. The van der Waals surface area contributed by atoms with Gasteiger partial charge in [0.1, 0.15) is 11.3 Å². The normalized spacial score (nSPS) is 27.5. The van der Waals surface area contributed by atoms with Gasteiger partial charge in [-0.15, -0.1) is 11.8 Å². The van der Waals surface area contributed by atoms with E-state index in [1.807, 2.05) is 12.3 Å². The van der Waals surface area contributed by atoms with Gasteiger partial charge in [-0.1, -0.05) is 0 Å². The summed E-state index contributed by atoms with van der Waals surface area (Å²) in [5.74, 6) is 3.10. The Morgan fingerprint density at radius 1 is 1.29 bits per heavy atom. The van der Waals surface area contributed by atoms with Gasteiger partial charge in [0.25, 0.3) is 0 Å². The van der Waals surface area contributed by atoms with Gasteiger partial charge in [0.15, 0.2) is 5.65 Å². The maximum absolute atomic E-state index is 4.96. The van der Waals surface area contributed by atoms with Crippen LogP contribution in [-0.4, -0.2) is 45.3 Å². The van der Waals surface area contributed by atoms with Gasteiger partial charge in [-0.25, -0.2) is 9.97 Å². The lowest BCUT2D eigenvalue weighted by Crippen LogP contribution is -2.18. The number of thioether (sulfide) groups is 1. The van der Waals surface area contributed by atoms with E-state index in [-0.39, 0.29) is 0 Å². The third-order valence-corrected chi connectivity index (χ3v) is 6.03. The molecule has 2 unspecified atom stereocenters. The highest BCUT2D eigenvalue weighted by Crippen LogP contribution is 2.39. The molecule has 2 fully saturated rings. The second-order valence-corrected chi connectivity index (χ2v) is 7.54. The van der Waals surface area contributed by atoms with Crippen molar-refractivity contribution in [2.24, 2.45) is 0 Å². The number of likely N-dealkylation sites (N-methyl/N-ethyl adjacent to an activating group) is 1. The van der Waals surface area contributed by atoms with Crippen LogP contribution in [0.4, 0.5) is 0 Å². The van der Waals surface area contributed by atoms with E-state index in [4.69, 9.17) is 4.98 Å².